The maximum atomic E-state index is 14.6. The van der Waals surface area contributed by atoms with Gasteiger partial charge in [0.05, 0.1) is 45.0 Å². The summed E-state index contributed by atoms with van der Waals surface area (Å²) in [6, 6.07) is 11.4. The highest BCUT2D eigenvalue weighted by Crippen LogP contribution is 2.39. The normalized spacial score (nSPS) is 20.1. The number of methoxy groups -OCH3 is 2. The molecule has 36 heavy (non-hydrogen) atoms. The highest BCUT2D eigenvalue weighted by atomic mass is 19.1. The van der Waals surface area contributed by atoms with Gasteiger partial charge in [-0.25, -0.2) is 9.40 Å². The van der Waals surface area contributed by atoms with Gasteiger partial charge in [0.1, 0.15) is 17.3 Å². The van der Waals surface area contributed by atoms with Crippen LogP contribution in [0, 0.1) is 11.7 Å². The average molecular weight is 498 g/mol. The minimum absolute atomic E-state index is 0.0962. The molecular formula is C27H32FN3O5. The van der Waals surface area contributed by atoms with Gasteiger partial charge in [-0.1, -0.05) is 18.2 Å². The molecule has 4 rings (SSSR count). The van der Waals surface area contributed by atoms with Gasteiger partial charge < -0.3 is 14.2 Å². The summed E-state index contributed by atoms with van der Waals surface area (Å²) < 4.78 is 30.7. The minimum Gasteiger partial charge on any atom is -0.497 e. The molecule has 0 bridgehead atoms. The fraction of sp³-hybridized carbons (Fsp3) is 0.444. The molecule has 8 nitrogen and oxygen atoms in total. The first-order valence-electron chi connectivity index (χ1n) is 12.2. The number of hydrogen-bond acceptors (Lipinski definition) is 7. The fourth-order valence-corrected chi connectivity index (χ4v) is 4.85. The van der Waals surface area contributed by atoms with E-state index >= 15 is 0 Å². The predicted molar refractivity (Wildman–Crippen MR) is 132 cm³/mol. The van der Waals surface area contributed by atoms with E-state index in [0.717, 1.165) is 18.4 Å². The summed E-state index contributed by atoms with van der Waals surface area (Å²) in [6.07, 6.45) is 1.88. The standard InChI is InChI=1S/C27H32FN3O5/c1-4-36-27(33)18-8-7-13-30(16-18)17-26(32)31-24(21-12-11-19(34-2)14-25(21)35-3)15-23(29-31)20-9-5-6-10-22(20)28/h5-6,9-12,14,18,24H,4,7-8,13,15-17H2,1-3H3. The molecule has 0 aromatic heterocycles. The van der Waals surface area contributed by atoms with Gasteiger partial charge >= 0.3 is 5.97 Å². The quantitative estimate of drug-likeness (QED) is 0.516. The molecule has 1 fully saturated rings. The largest absolute Gasteiger partial charge is 0.497 e. The fourth-order valence-electron chi connectivity index (χ4n) is 4.85. The van der Waals surface area contributed by atoms with Crippen molar-refractivity contribution in [2.45, 2.75) is 32.2 Å². The van der Waals surface area contributed by atoms with E-state index in [4.69, 9.17) is 14.2 Å². The number of carbonyl (C=O) groups is 2. The first kappa shape index (κ1) is 25.6. The molecule has 2 heterocycles. The van der Waals surface area contributed by atoms with Crippen molar-refractivity contribution in [3.63, 3.8) is 0 Å². The molecule has 2 aromatic carbocycles. The number of esters is 1. The Balaban J connectivity index is 1.61. The van der Waals surface area contributed by atoms with Crippen molar-refractivity contribution in [2.24, 2.45) is 11.0 Å². The lowest BCUT2D eigenvalue weighted by Gasteiger charge is -2.32. The van der Waals surface area contributed by atoms with Crippen LogP contribution < -0.4 is 9.47 Å². The van der Waals surface area contributed by atoms with Gasteiger partial charge in [0, 0.05) is 30.2 Å². The van der Waals surface area contributed by atoms with E-state index in [1.54, 1.807) is 51.5 Å². The third-order valence-electron chi connectivity index (χ3n) is 6.63. The molecule has 192 valence electrons. The van der Waals surface area contributed by atoms with E-state index in [9.17, 15) is 14.0 Å². The molecule has 0 radical (unpaired) electrons. The molecule has 2 aliphatic heterocycles. The van der Waals surface area contributed by atoms with Crippen LogP contribution in [0.15, 0.2) is 47.6 Å². The zero-order valence-corrected chi connectivity index (χ0v) is 20.9. The van der Waals surface area contributed by atoms with Gasteiger partial charge in [0.25, 0.3) is 5.91 Å². The smallest absolute Gasteiger partial charge is 0.310 e. The Labute approximate surface area is 210 Å². The predicted octanol–water partition coefficient (Wildman–Crippen LogP) is 3.80. The summed E-state index contributed by atoms with van der Waals surface area (Å²) in [5, 5.41) is 6.03. The molecule has 1 amide bonds. The average Bonchev–Trinajstić information content (AvgIpc) is 3.34. The third kappa shape index (κ3) is 5.51. The summed E-state index contributed by atoms with van der Waals surface area (Å²) in [7, 11) is 3.13. The summed E-state index contributed by atoms with van der Waals surface area (Å²) in [6.45, 7) is 3.38. The number of hydrogen-bond donors (Lipinski definition) is 0. The van der Waals surface area contributed by atoms with Crippen molar-refractivity contribution < 1.29 is 28.2 Å². The van der Waals surface area contributed by atoms with Gasteiger partial charge in [-0.15, -0.1) is 0 Å². The summed E-state index contributed by atoms with van der Waals surface area (Å²) in [5.41, 5.74) is 1.61. The highest BCUT2D eigenvalue weighted by Gasteiger charge is 2.37. The Morgan fingerprint density at radius 3 is 2.67 bits per heavy atom. The van der Waals surface area contributed by atoms with Crippen LogP contribution in [0.25, 0.3) is 0 Å². The van der Waals surface area contributed by atoms with Crippen molar-refractivity contribution in [1.29, 1.82) is 0 Å². The lowest BCUT2D eigenvalue weighted by atomic mass is 9.97. The van der Waals surface area contributed by atoms with E-state index in [0.29, 0.717) is 48.9 Å². The molecule has 2 aromatic rings. The Morgan fingerprint density at radius 1 is 1.14 bits per heavy atom. The van der Waals surface area contributed by atoms with Crippen molar-refractivity contribution in [2.75, 3.05) is 40.5 Å². The topological polar surface area (TPSA) is 80.7 Å². The maximum absolute atomic E-state index is 14.6. The molecule has 2 atom stereocenters. The number of ether oxygens (including phenoxy) is 3. The van der Waals surface area contributed by atoms with Crippen LogP contribution >= 0.6 is 0 Å². The van der Waals surface area contributed by atoms with E-state index in [2.05, 4.69) is 5.10 Å². The Bertz CT molecular complexity index is 1140. The minimum atomic E-state index is -0.474. The number of carbonyl (C=O) groups excluding carboxylic acids is 2. The Hall–Kier alpha value is -3.46. The van der Waals surface area contributed by atoms with Crippen LogP contribution in [0.1, 0.15) is 43.4 Å². The molecule has 1 saturated heterocycles. The number of benzene rings is 2. The van der Waals surface area contributed by atoms with Crippen molar-refractivity contribution >= 4 is 17.6 Å². The molecule has 2 unspecified atom stereocenters. The van der Waals surface area contributed by atoms with Crippen molar-refractivity contribution in [1.82, 2.24) is 9.91 Å². The van der Waals surface area contributed by atoms with Gasteiger partial charge in [0.2, 0.25) is 0 Å². The van der Waals surface area contributed by atoms with Gasteiger partial charge in [-0.3, -0.25) is 14.5 Å². The van der Waals surface area contributed by atoms with E-state index in [1.807, 2.05) is 11.0 Å². The van der Waals surface area contributed by atoms with Gasteiger partial charge in [-0.2, -0.15) is 5.10 Å². The van der Waals surface area contributed by atoms with Crippen LogP contribution in [0.5, 0.6) is 11.5 Å². The number of nitrogens with zero attached hydrogens (tertiary/aromatic N) is 3. The summed E-state index contributed by atoms with van der Waals surface area (Å²) in [4.78, 5) is 27.8. The summed E-state index contributed by atoms with van der Waals surface area (Å²) >= 11 is 0. The SMILES string of the molecule is CCOC(=O)C1CCCN(CC(=O)N2N=C(c3ccccc3F)CC2c2ccc(OC)cc2OC)C1. The zero-order valence-electron chi connectivity index (χ0n) is 20.9. The molecule has 0 spiro atoms. The van der Waals surface area contributed by atoms with Crippen LogP contribution in [-0.2, 0) is 14.3 Å². The maximum Gasteiger partial charge on any atom is 0.310 e. The van der Waals surface area contributed by atoms with E-state index in [-0.39, 0.29) is 30.2 Å². The first-order chi connectivity index (χ1) is 17.4. The van der Waals surface area contributed by atoms with Crippen molar-refractivity contribution in [3.05, 3.63) is 59.4 Å². The number of likely N-dealkylation sites (tertiary alicyclic amines) is 1. The van der Waals surface area contributed by atoms with Gasteiger partial charge in [0.15, 0.2) is 0 Å². The Kier molecular flexibility index (Phi) is 8.20. The Morgan fingerprint density at radius 2 is 1.94 bits per heavy atom. The second kappa shape index (κ2) is 11.5. The molecule has 0 N–H and O–H groups in total. The number of rotatable bonds is 8. The number of halogens is 1. The van der Waals surface area contributed by atoms with Crippen LogP contribution in [0.3, 0.4) is 0 Å². The van der Waals surface area contributed by atoms with Crippen LogP contribution in [0.4, 0.5) is 4.39 Å². The monoisotopic (exact) mass is 497 g/mol. The van der Waals surface area contributed by atoms with Crippen LogP contribution in [-0.4, -0.2) is 68.0 Å². The number of amides is 1. The summed E-state index contributed by atoms with van der Waals surface area (Å²) in [5.74, 6) is 0.0899. The molecule has 2 aliphatic rings. The number of hydrazone groups is 1. The number of piperidine rings is 1. The first-order valence-corrected chi connectivity index (χ1v) is 12.2. The second-order valence-electron chi connectivity index (χ2n) is 8.92. The van der Waals surface area contributed by atoms with E-state index < -0.39 is 6.04 Å². The molecular weight excluding hydrogens is 465 g/mol. The van der Waals surface area contributed by atoms with Crippen molar-refractivity contribution in [3.8, 4) is 11.5 Å². The van der Waals surface area contributed by atoms with Gasteiger partial charge in [-0.05, 0) is 44.5 Å². The molecule has 0 aliphatic carbocycles. The van der Waals surface area contributed by atoms with E-state index in [1.165, 1.54) is 11.1 Å². The van der Waals surface area contributed by atoms with Crippen LogP contribution in [0.2, 0.25) is 0 Å². The molecule has 0 saturated carbocycles. The highest BCUT2D eigenvalue weighted by molar-refractivity contribution is 6.03. The lowest BCUT2D eigenvalue weighted by molar-refractivity contribution is -0.150. The lowest BCUT2D eigenvalue weighted by Crippen LogP contribution is -2.44. The third-order valence-corrected chi connectivity index (χ3v) is 6.63. The second-order valence-corrected chi connectivity index (χ2v) is 8.92. The molecule has 9 heteroatoms. The zero-order chi connectivity index (χ0) is 25.7.